The number of benzene rings is 1. The number of halogens is 3. The number of nitrogens with zero attached hydrogens (tertiary/aromatic N) is 5. The van der Waals surface area contributed by atoms with Crippen LogP contribution in [0.3, 0.4) is 0 Å². The lowest BCUT2D eigenvalue weighted by Crippen LogP contribution is -2.35. The Hall–Kier alpha value is -3.70. The SMILES string of the molecule is CC1CCN(c2ccc([N+](=O)[O-])cc2C(=O)NCc2nnc3ccc(C(F)(F)F)cn23)CC1. The summed E-state index contributed by atoms with van der Waals surface area (Å²) < 4.78 is 40.3. The molecule has 174 valence electrons. The van der Waals surface area contributed by atoms with Crippen LogP contribution >= 0.6 is 0 Å². The van der Waals surface area contributed by atoms with Crippen LogP contribution in [-0.2, 0) is 12.7 Å². The van der Waals surface area contributed by atoms with E-state index in [4.69, 9.17) is 0 Å². The number of piperidine rings is 1. The Morgan fingerprint density at radius 2 is 1.94 bits per heavy atom. The van der Waals surface area contributed by atoms with Gasteiger partial charge in [0.15, 0.2) is 11.5 Å². The molecule has 12 heteroatoms. The highest BCUT2D eigenvalue weighted by atomic mass is 19.4. The van der Waals surface area contributed by atoms with Crippen molar-refractivity contribution in [2.24, 2.45) is 5.92 Å². The van der Waals surface area contributed by atoms with E-state index < -0.39 is 22.6 Å². The van der Waals surface area contributed by atoms with Gasteiger partial charge in [-0.15, -0.1) is 10.2 Å². The molecule has 0 bridgehead atoms. The van der Waals surface area contributed by atoms with Crippen molar-refractivity contribution in [2.75, 3.05) is 18.0 Å². The van der Waals surface area contributed by atoms with Gasteiger partial charge in [0.1, 0.15) is 0 Å². The number of nitrogens with one attached hydrogen (secondary N) is 1. The van der Waals surface area contributed by atoms with E-state index in [1.165, 1.54) is 18.2 Å². The maximum Gasteiger partial charge on any atom is 0.417 e. The first-order valence-corrected chi connectivity index (χ1v) is 10.4. The first kappa shape index (κ1) is 22.5. The van der Waals surface area contributed by atoms with E-state index in [1.54, 1.807) is 6.07 Å². The summed E-state index contributed by atoms with van der Waals surface area (Å²) in [5, 5.41) is 21.6. The van der Waals surface area contributed by atoms with Gasteiger partial charge in [0.2, 0.25) is 0 Å². The van der Waals surface area contributed by atoms with Crippen LogP contribution in [0.15, 0.2) is 36.5 Å². The Morgan fingerprint density at radius 3 is 2.61 bits per heavy atom. The van der Waals surface area contributed by atoms with E-state index in [0.29, 0.717) is 24.7 Å². The molecule has 1 aliphatic heterocycles. The number of aromatic nitrogens is 3. The van der Waals surface area contributed by atoms with Crippen LogP contribution in [0.4, 0.5) is 24.5 Å². The van der Waals surface area contributed by atoms with E-state index in [9.17, 15) is 28.1 Å². The molecule has 0 saturated carbocycles. The topological polar surface area (TPSA) is 106 Å². The lowest BCUT2D eigenvalue weighted by Gasteiger charge is -2.33. The highest BCUT2D eigenvalue weighted by Gasteiger charge is 2.31. The van der Waals surface area contributed by atoms with Crippen LogP contribution in [-0.4, -0.2) is 38.5 Å². The van der Waals surface area contributed by atoms with E-state index in [1.807, 2.05) is 4.90 Å². The summed E-state index contributed by atoms with van der Waals surface area (Å²) in [4.78, 5) is 25.7. The summed E-state index contributed by atoms with van der Waals surface area (Å²) in [5.74, 6) is 0.0682. The minimum atomic E-state index is -4.54. The second kappa shape index (κ2) is 8.68. The number of anilines is 1. The Balaban J connectivity index is 1.59. The summed E-state index contributed by atoms with van der Waals surface area (Å²) in [5.41, 5.74) is -0.190. The predicted molar refractivity (Wildman–Crippen MR) is 113 cm³/mol. The first-order chi connectivity index (χ1) is 15.6. The lowest BCUT2D eigenvalue weighted by molar-refractivity contribution is -0.384. The molecular formula is C21H21F3N6O3. The van der Waals surface area contributed by atoms with E-state index in [-0.39, 0.29) is 29.3 Å². The van der Waals surface area contributed by atoms with Crippen molar-refractivity contribution >= 4 is 22.9 Å². The molecule has 1 fully saturated rings. The Kier molecular flexibility index (Phi) is 5.91. The minimum Gasteiger partial charge on any atom is -0.371 e. The Bertz CT molecular complexity index is 1200. The fraction of sp³-hybridized carbons (Fsp3) is 0.381. The van der Waals surface area contributed by atoms with Crippen molar-refractivity contribution < 1.29 is 22.9 Å². The maximum atomic E-state index is 13.1. The Morgan fingerprint density at radius 1 is 1.21 bits per heavy atom. The van der Waals surface area contributed by atoms with Crippen molar-refractivity contribution in [3.8, 4) is 0 Å². The molecule has 1 aromatic carbocycles. The maximum absolute atomic E-state index is 13.1. The molecule has 1 amide bonds. The number of fused-ring (bicyclic) bond motifs is 1. The van der Waals surface area contributed by atoms with Crippen LogP contribution in [0.25, 0.3) is 5.65 Å². The quantitative estimate of drug-likeness (QED) is 0.457. The molecule has 33 heavy (non-hydrogen) atoms. The molecule has 0 atom stereocenters. The van der Waals surface area contributed by atoms with Crippen LogP contribution < -0.4 is 10.2 Å². The molecule has 2 aromatic heterocycles. The van der Waals surface area contributed by atoms with Gasteiger partial charge in [-0.2, -0.15) is 13.2 Å². The molecule has 0 radical (unpaired) electrons. The fourth-order valence-electron chi connectivity index (χ4n) is 3.83. The van der Waals surface area contributed by atoms with E-state index in [2.05, 4.69) is 22.4 Å². The van der Waals surface area contributed by atoms with Gasteiger partial charge in [0.05, 0.1) is 28.3 Å². The molecule has 1 N–H and O–H groups in total. The molecule has 1 aliphatic rings. The number of rotatable bonds is 5. The zero-order valence-electron chi connectivity index (χ0n) is 17.7. The lowest BCUT2D eigenvalue weighted by atomic mass is 9.98. The number of carbonyl (C=O) groups excluding carboxylic acids is 1. The zero-order valence-corrected chi connectivity index (χ0v) is 17.7. The van der Waals surface area contributed by atoms with Gasteiger partial charge in [-0.25, -0.2) is 0 Å². The van der Waals surface area contributed by atoms with Gasteiger partial charge in [-0.1, -0.05) is 6.92 Å². The van der Waals surface area contributed by atoms with Gasteiger partial charge in [0.25, 0.3) is 11.6 Å². The van der Waals surface area contributed by atoms with Crippen LogP contribution in [0, 0.1) is 16.0 Å². The third-order valence-electron chi connectivity index (χ3n) is 5.77. The van der Waals surface area contributed by atoms with Gasteiger partial charge >= 0.3 is 6.18 Å². The molecule has 4 rings (SSSR count). The van der Waals surface area contributed by atoms with Crippen molar-refractivity contribution in [2.45, 2.75) is 32.5 Å². The second-order valence-electron chi connectivity index (χ2n) is 8.07. The molecule has 9 nitrogen and oxygen atoms in total. The predicted octanol–water partition coefficient (Wildman–Crippen LogP) is 3.82. The number of pyridine rings is 1. The molecular weight excluding hydrogens is 441 g/mol. The van der Waals surface area contributed by atoms with Crippen molar-refractivity contribution in [3.63, 3.8) is 0 Å². The van der Waals surface area contributed by atoms with E-state index >= 15 is 0 Å². The van der Waals surface area contributed by atoms with Gasteiger partial charge in [-0.05, 0) is 37.0 Å². The standard InChI is InChI=1S/C21H21F3N6O3/c1-13-6-8-28(9-7-13)17-4-3-15(30(32)33)10-16(17)20(31)25-11-19-27-26-18-5-2-14(12-29(18)19)21(22,23)24/h2-5,10,12-13H,6-9,11H2,1H3,(H,25,31). The number of hydrogen-bond acceptors (Lipinski definition) is 6. The van der Waals surface area contributed by atoms with Gasteiger partial charge < -0.3 is 10.2 Å². The third-order valence-corrected chi connectivity index (χ3v) is 5.77. The van der Waals surface area contributed by atoms with Crippen molar-refractivity contribution in [1.29, 1.82) is 0 Å². The summed E-state index contributed by atoms with van der Waals surface area (Å²) in [6.07, 6.45) is -1.80. The second-order valence-corrected chi connectivity index (χ2v) is 8.07. The summed E-state index contributed by atoms with van der Waals surface area (Å²) in [6, 6.07) is 6.23. The van der Waals surface area contributed by atoms with Crippen LogP contribution in [0.5, 0.6) is 0 Å². The average Bonchev–Trinajstić information content (AvgIpc) is 3.19. The van der Waals surface area contributed by atoms with E-state index in [0.717, 1.165) is 29.5 Å². The number of non-ortho nitro benzene ring substituents is 1. The monoisotopic (exact) mass is 462 g/mol. The normalized spacial score (nSPS) is 15.1. The molecule has 3 heterocycles. The number of nitro groups is 1. The molecule has 1 saturated heterocycles. The smallest absolute Gasteiger partial charge is 0.371 e. The summed E-state index contributed by atoms with van der Waals surface area (Å²) in [7, 11) is 0. The average molecular weight is 462 g/mol. The summed E-state index contributed by atoms with van der Waals surface area (Å²) in [6.45, 7) is 3.37. The zero-order chi connectivity index (χ0) is 23.8. The first-order valence-electron chi connectivity index (χ1n) is 10.4. The number of amides is 1. The fourth-order valence-corrected chi connectivity index (χ4v) is 3.83. The molecule has 0 spiro atoms. The van der Waals surface area contributed by atoms with Crippen LogP contribution in [0.1, 0.15) is 41.5 Å². The highest BCUT2D eigenvalue weighted by molar-refractivity contribution is 6.00. The number of alkyl halides is 3. The minimum absolute atomic E-state index is 0.100. The molecule has 0 aliphatic carbocycles. The summed E-state index contributed by atoms with van der Waals surface area (Å²) >= 11 is 0. The number of nitro benzene ring substituents is 1. The highest BCUT2D eigenvalue weighted by Crippen LogP contribution is 2.30. The molecule has 0 unspecified atom stereocenters. The van der Waals surface area contributed by atoms with Gasteiger partial charge in [0, 0.05) is 31.4 Å². The van der Waals surface area contributed by atoms with Crippen molar-refractivity contribution in [3.05, 3.63) is 63.6 Å². The van der Waals surface area contributed by atoms with Crippen molar-refractivity contribution in [1.82, 2.24) is 19.9 Å². The third kappa shape index (κ3) is 4.73. The van der Waals surface area contributed by atoms with Crippen LogP contribution in [0.2, 0.25) is 0 Å². The number of hydrogen-bond donors (Lipinski definition) is 1. The van der Waals surface area contributed by atoms with Gasteiger partial charge in [-0.3, -0.25) is 19.3 Å². The largest absolute Gasteiger partial charge is 0.417 e. The number of carbonyl (C=O) groups is 1. The molecule has 3 aromatic rings. The Labute approximate surface area is 186 Å².